The van der Waals surface area contributed by atoms with E-state index in [0.717, 1.165) is 38.0 Å². The molecule has 0 atom stereocenters. The molecule has 0 saturated carbocycles. The number of benzene rings is 2. The van der Waals surface area contributed by atoms with Crippen molar-refractivity contribution in [3.63, 3.8) is 0 Å². The van der Waals surface area contributed by atoms with Gasteiger partial charge in [-0.1, -0.05) is 42.5 Å². The number of amides is 2. The van der Waals surface area contributed by atoms with E-state index in [1.165, 1.54) is 24.1 Å². The summed E-state index contributed by atoms with van der Waals surface area (Å²) in [6, 6.07) is 16.2. The first-order valence-corrected chi connectivity index (χ1v) is 10.8. The van der Waals surface area contributed by atoms with E-state index in [1.807, 2.05) is 36.4 Å². The molecule has 6 nitrogen and oxygen atoms in total. The van der Waals surface area contributed by atoms with Crippen molar-refractivity contribution >= 4 is 17.5 Å². The average molecular weight is 422 g/mol. The average Bonchev–Trinajstić information content (AvgIpc) is 3.11. The van der Waals surface area contributed by atoms with E-state index >= 15 is 0 Å². The second-order valence-corrected chi connectivity index (χ2v) is 7.84. The molecule has 1 fully saturated rings. The number of hydrogen-bond donors (Lipinski definition) is 2. The summed E-state index contributed by atoms with van der Waals surface area (Å²) >= 11 is 0. The maximum absolute atomic E-state index is 13.9. The monoisotopic (exact) mass is 421 g/mol. The third-order valence-electron chi connectivity index (χ3n) is 5.57. The Labute approximate surface area is 182 Å². The van der Waals surface area contributed by atoms with Crippen LogP contribution in [-0.4, -0.2) is 35.4 Å². The molecule has 1 aromatic heterocycles. The van der Waals surface area contributed by atoms with Crippen LogP contribution in [0.5, 0.6) is 0 Å². The summed E-state index contributed by atoms with van der Waals surface area (Å²) in [5.41, 5.74) is 3.41. The zero-order chi connectivity index (χ0) is 21.6. The Kier molecular flexibility index (Phi) is 6.50. The van der Waals surface area contributed by atoms with Gasteiger partial charge in [-0.2, -0.15) is 5.10 Å². The Balaban J connectivity index is 1.55. The highest BCUT2D eigenvalue weighted by atomic mass is 19.1. The number of piperidine rings is 1. The molecule has 0 unspecified atom stereocenters. The van der Waals surface area contributed by atoms with E-state index in [4.69, 9.17) is 0 Å². The van der Waals surface area contributed by atoms with Crippen LogP contribution in [0.4, 0.5) is 20.7 Å². The van der Waals surface area contributed by atoms with Gasteiger partial charge in [-0.3, -0.25) is 5.32 Å². The van der Waals surface area contributed by atoms with Crippen LogP contribution in [0.2, 0.25) is 0 Å². The predicted molar refractivity (Wildman–Crippen MR) is 122 cm³/mol. The number of anilines is 2. The van der Waals surface area contributed by atoms with Crippen molar-refractivity contribution in [1.82, 2.24) is 15.1 Å². The van der Waals surface area contributed by atoms with Crippen molar-refractivity contribution in [1.29, 1.82) is 0 Å². The number of hydrogen-bond acceptors (Lipinski definition) is 3. The molecule has 0 spiro atoms. The van der Waals surface area contributed by atoms with Gasteiger partial charge in [0.15, 0.2) is 5.82 Å². The van der Waals surface area contributed by atoms with Gasteiger partial charge in [0.05, 0.1) is 0 Å². The minimum Gasteiger partial charge on any atom is -0.367 e. The van der Waals surface area contributed by atoms with Gasteiger partial charge in [0.1, 0.15) is 17.2 Å². The molecule has 2 amide bonds. The Bertz CT molecular complexity index is 1030. The highest BCUT2D eigenvalue weighted by Gasteiger charge is 2.25. The molecule has 4 rings (SSSR count). The van der Waals surface area contributed by atoms with Gasteiger partial charge in [-0.05, 0) is 43.4 Å². The molecule has 2 heterocycles. The summed E-state index contributed by atoms with van der Waals surface area (Å²) in [7, 11) is 1.80. The Hall–Kier alpha value is -3.35. The van der Waals surface area contributed by atoms with Crippen LogP contribution in [0, 0.1) is 5.82 Å². The lowest BCUT2D eigenvalue weighted by atomic mass is 10.1. The molecule has 1 aliphatic rings. The van der Waals surface area contributed by atoms with Crippen LogP contribution in [0.25, 0.3) is 11.3 Å². The number of halogens is 1. The molecule has 2 N–H and O–H groups in total. The normalized spacial score (nSPS) is 13.8. The number of aromatic nitrogens is 2. The summed E-state index contributed by atoms with van der Waals surface area (Å²) in [6.45, 7) is 2.31. The standard InChI is InChI=1S/C24H28FN5O/c1-29-23(27-24(31)26-14-13-18-9-4-2-5-10-18)22(30-15-6-3-7-16-30)21(28-29)19-11-8-12-20(25)17-19/h2,4-5,8-12,17H,3,6-7,13-16H2,1H3,(H2,26,27,31). The number of nitrogens with zero attached hydrogens (tertiary/aromatic N) is 3. The third kappa shape index (κ3) is 5.05. The number of rotatable bonds is 6. The van der Waals surface area contributed by atoms with Crippen molar-refractivity contribution < 1.29 is 9.18 Å². The Morgan fingerprint density at radius 2 is 1.84 bits per heavy atom. The maximum atomic E-state index is 13.9. The van der Waals surface area contributed by atoms with Crippen molar-refractivity contribution in [3.05, 3.63) is 66.0 Å². The van der Waals surface area contributed by atoms with Gasteiger partial charge in [0, 0.05) is 32.2 Å². The number of aryl methyl sites for hydroxylation is 1. The van der Waals surface area contributed by atoms with E-state index in [1.54, 1.807) is 17.8 Å². The lowest BCUT2D eigenvalue weighted by molar-refractivity contribution is 0.252. The molecule has 3 aromatic rings. The van der Waals surface area contributed by atoms with Crippen molar-refractivity contribution in [2.45, 2.75) is 25.7 Å². The van der Waals surface area contributed by atoms with E-state index in [-0.39, 0.29) is 11.8 Å². The van der Waals surface area contributed by atoms with E-state index in [9.17, 15) is 9.18 Å². The zero-order valence-electron chi connectivity index (χ0n) is 17.8. The molecule has 31 heavy (non-hydrogen) atoms. The van der Waals surface area contributed by atoms with Crippen LogP contribution in [0.3, 0.4) is 0 Å². The first kappa shape index (κ1) is 20.9. The Morgan fingerprint density at radius 3 is 2.58 bits per heavy atom. The van der Waals surface area contributed by atoms with Crippen molar-refractivity contribution in [3.8, 4) is 11.3 Å². The fraction of sp³-hybridized carbons (Fsp3) is 0.333. The van der Waals surface area contributed by atoms with Gasteiger partial charge in [0.2, 0.25) is 0 Å². The second-order valence-electron chi connectivity index (χ2n) is 7.84. The smallest absolute Gasteiger partial charge is 0.320 e. The number of urea groups is 1. The van der Waals surface area contributed by atoms with Crippen LogP contribution in [0.1, 0.15) is 24.8 Å². The Morgan fingerprint density at radius 1 is 1.06 bits per heavy atom. The molecule has 0 aliphatic carbocycles. The minimum atomic E-state index is -0.305. The topological polar surface area (TPSA) is 62.2 Å². The number of nitrogens with one attached hydrogen (secondary N) is 2. The molecule has 2 aromatic carbocycles. The summed E-state index contributed by atoms with van der Waals surface area (Å²) in [6.07, 6.45) is 4.11. The lowest BCUT2D eigenvalue weighted by Crippen LogP contribution is -2.34. The fourth-order valence-corrected chi connectivity index (χ4v) is 4.02. The van der Waals surface area contributed by atoms with Crippen LogP contribution < -0.4 is 15.5 Å². The summed E-state index contributed by atoms with van der Waals surface area (Å²) in [5, 5.41) is 10.6. The first-order chi connectivity index (χ1) is 15.1. The van der Waals surface area contributed by atoms with Gasteiger partial charge in [-0.25, -0.2) is 13.9 Å². The van der Waals surface area contributed by atoms with Crippen molar-refractivity contribution in [2.75, 3.05) is 29.9 Å². The fourth-order valence-electron chi connectivity index (χ4n) is 4.02. The highest BCUT2D eigenvalue weighted by molar-refractivity contribution is 5.95. The van der Waals surface area contributed by atoms with E-state index in [2.05, 4.69) is 20.6 Å². The van der Waals surface area contributed by atoms with Crippen molar-refractivity contribution in [2.24, 2.45) is 7.05 Å². The molecular formula is C24H28FN5O. The molecule has 1 aliphatic heterocycles. The first-order valence-electron chi connectivity index (χ1n) is 10.8. The van der Waals surface area contributed by atoms with Crippen LogP contribution >= 0.6 is 0 Å². The SMILES string of the molecule is Cn1nc(-c2cccc(F)c2)c(N2CCCCC2)c1NC(=O)NCCc1ccccc1. The predicted octanol–water partition coefficient (Wildman–Crippen LogP) is 4.58. The van der Waals surface area contributed by atoms with E-state index < -0.39 is 0 Å². The third-order valence-corrected chi connectivity index (χ3v) is 5.57. The molecule has 0 radical (unpaired) electrons. The van der Waals surface area contributed by atoms with Gasteiger partial charge in [-0.15, -0.1) is 0 Å². The van der Waals surface area contributed by atoms with Gasteiger partial charge < -0.3 is 10.2 Å². The molecule has 162 valence electrons. The number of carbonyl (C=O) groups excluding carboxylic acids is 1. The van der Waals surface area contributed by atoms with E-state index in [0.29, 0.717) is 23.6 Å². The minimum absolute atomic E-state index is 0.275. The van der Waals surface area contributed by atoms with Crippen LogP contribution in [0.15, 0.2) is 54.6 Å². The summed E-state index contributed by atoms with van der Waals surface area (Å²) in [4.78, 5) is 14.9. The van der Waals surface area contributed by atoms with Gasteiger partial charge in [0.25, 0.3) is 0 Å². The maximum Gasteiger partial charge on any atom is 0.320 e. The summed E-state index contributed by atoms with van der Waals surface area (Å²) in [5.74, 6) is 0.319. The zero-order valence-corrected chi connectivity index (χ0v) is 17.8. The largest absolute Gasteiger partial charge is 0.367 e. The number of carbonyl (C=O) groups is 1. The van der Waals surface area contributed by atoms with Gasteiger partial charge >= 0.3 is 6.03 Å². The molecular weight excluding hydrogens is 393 g/mol. The second kappa shape index (κ2) is 9.64. The highest BCUT2D eigenvalue weighted by Crippen LogP contribution is 2.38. The lowest BCUT2D eigenvalue weighted by Gasteiger charge is -2.29. The van der Waals surface area contributed by atoms with Crippen LogP contribution in [-0.2, 0) is 13.5 Å². The molecule has 7 heteroatoms. The summed E-state index contributed by atoms with van der Waals surface area (Å²) < 4.78 is 15.6. The molecule has 1 saturated heterocycles. The molecule has 0 bridgehead atoms. The quantitative estimate of drug-likeness (QED) is 0.612.